The Morgan fingerprint density at radius 3 is 2.10 bits per heavy atom. The van der Waals surface area contributed by atoms with E-state index in [4.69, 9.17) is 4.74 Å². The maximum atomic E-state index is 13.6. The second-order valence-corrected chi connectivity index (χ2v) is 11.2. The number of ether oxygens (including phenoxy) is 1. The number of anilines is 2. The lowest BCUT2D eigenvalue weighted by atomic mass is 10.1. The minimum Gasteiger partial charge on any atom is -0.494 e. The summed E-state index contributed by atoms with van der Waals surface area (Å²) in [6.07, 6.45) is 0. The lowest BCUT2D eigenvalue weighted by molar-refractivity contribution is -0.119. The first-order valence-corrected chi connectivity index (χ1v) is 14.7. The van der Waals surface area contributed by atoms with E-state index < -0.39 is 22.5 Å². The SMILES string of the molecule is CCOc1ccc(N(CC(=O)N/N=C(/C)c2ccc(NC(=O)c3ccccc3)cc2)S(=O)(=O)c2ccc(C)cc2)cc1. The van der Waals surface area contributed by atoms with E-state index in [1.807, 2.05) is 19.9 Å². The lowest BCUT2D eigenvalue weighted by Gasteiger charge is -2.24. The van der Waals surface area contributed by atoms with E-state index in [1.54, 1.807) is 91.9 Å². The number of benzene rings is 4. The molecule has 0 saturated carbocycles. The Hall–Kier alpha value is -4.96. The van der Waals surface area contributed by atoms with Crippen LogP contribution in [-0.4, -0.2) is 39.1 Å². The number of aryl methyl sites for hydroxylation is 1. The highest BCUT2D eigenvalue weighted by Gasteiger charge is 2.27. The standard InChI is InChI=1S/C32H32N4O5S/c1-4-41-29-18-16-28(17-19-29)36(42(39,40)30-20-10-23(2)11-21-30)22-31(37)35-34-24(3)25-12-14-27(15-13-25)33-32(38)26-8-6-5-7-9-26/h5-21H,4,22H2,1-3H3,(H,33,38)(H,35,37)/b34-24-. The third-order valence-corrected chi connectivity index (χ3v) is 8.06. The number of nitrogens with zero attached hydrogens (tertiary/aromatic N) is 2. The van der Waals surface area contributed by atoms with Crippen LogP contribution < -0.4 is 19.8 Å². The third-order valence-electron chi connectivity index (χ3n) is 6.28. The highest BCUT2D eigenvalue weighted by Crippen LogP contribution is 2.26. The molecule has 42 heavy (non-hydrogen) atoms. The van der Waals surface area contributed by atoms with Gasteiger partial charge in [-0.2, -0.15) is 5.10 Å². The fraction of sp³-hybridized carbons (Fsp3) is 0.156. The quantitative estimate of drug-likeness (QED) is 0.181. The van der Waals surface area contributed by atoms with Crippen LogP contribution in [0.5, 0.6) is 5.75 Å². The van der Waals surface area contributed by atoms with Crippen LogP contribution in [0.25, 0.3) is 0 Å². The summed E-state index contributed by atoms with van der Waals surface area (Å²) >= 11 is 0. The first-order chi connectivity index (χ1) is 20.2. The Labute approximate surface area is 245 Å². The summed E-state index contributed by atoms with van der Waals surface area (Å²) in [4.78, 5) is 25.4. The van der Waals surface area contributed by atoms with Crippen molar-refractivity contribution in [2.45, 2.75) is 25.7 Å². The van der Waals surface area contributed by atoms with E-state index in [0.29, 0.717) is 40.6 Å². The molecule has 216 valence electrons. The molecule has 4 aromatic carbocycles. The van der Waals surface area contributed by atoms with E-state index in [1.165, 1.54) is 12.1 Å². The van der Waals surface area contributed by atoms with Gasteiger partial charge in [0.1, 0.15) is 12.3 Å². The molecule has 0 atom stereocenters. The summed E-state index contributed by atoms with van der Waals surface area (Å²) in [5, 5.41) is 7.01. The summed E-state index contributed by atoms with van der Waals surface area (Å²) in [5.74, 6) is -0.256. The van der Waals surface area contributed by atoms with E-state index in [2.05, 4.69) is 15.8 Å². The van der Waals surface area contributed by atoms with Gasteiger partial charge in [0.2, 0.25) is 0 Å². The van der Waals surface area contributed by atoms with Gasteiger partial charge in [-0.3, -0.25) is 13.9 Å². The molecule has 9 nitrogen and oxygen atoms in total. The number of carbonyl (C=O) groups is 2. The summed E-state index contributed by atoms with van der Waals surface area (Å²) in [6, 6.07) is 28.8. The van der Waals surface area contributed by atoms with E-state index in [9.17, 15) is 18.0 Å². The molecule has 0 aromatic heterocycles. The number of hydrogen-bond acceptors (Lipinski definition) is 6. The molecule has 0 aliphatic heterocycles. The number of rotatable bonds is 11. The monoisotopic (exact) mass is 584 g/mol. The molecular formula is C32H32N4O5S. The summed E-state index contributed by atoms with van der Waals surface area (Å²) < 4.78 is 33.7. The van der Waals surface area contributed by atoms with Crippen LogP contribution in [0, 0.1) is 6.92 Å². The van der Waals surface area contributed by atoms with E-state index in [-0.39, 0.29) is 10.8 Å². The molecule has 0 aliphatic rings. The molecule has 10 heteroatoms. The van der Waals surface area contributed by atoms with Crippen molar-refractivity contribution in [3.8, 4) is 5.75 Å². The maximum absolute atomic E-state index is 13.6. The predicted molar refractivity (Wildman–Crippen MR) is 165 cm³/mol. The van der Waals surface area contributed by atoms with Gasteiger partial charge in [0.05, 0.1) is 22.9 Å². The minimum absolute atomic E-state index is 0.0638. The van der Waals surface area contributed by atoms with Gasteiger partial charge < -0.3 is 10.1 Å². The van der Waals surface area contributed by atoms with Gasteiger partial charge in [-0.1, -0.05) is 48.0 Å². The Morgan fingerprint density at radius 2 is 1.48 bits per heavy atom. The van der Waals surface area contributed by atoms with Gasteiger partial charge in [0.25, 0.3) is 21.8 Å². The van der Waals surface area contributed by atoms with Crippen molar-refractivity contribution >= 4 is 38.9 Å². The van der Waals surface area contributed by atoms with Gasteiger partial charge in [-0.15, -0.1) is 0 Å². The fourth-order valence-corrected chi connectivity index (χ4v) is 5.41. The van der Waals surface area contributed by atoms with Crippen molar-refractivity contribution in [3.63, 3.8) is 0 Å². The zero-order valence-electron chi connectivity index (χ0n) is 23.6. The second-order valence-electron chi connectivity index (χ2n) is 9.38. The number of sulfonamides is 1. The molecule has 0 saturated heterocycles. The van der Waals surface area contributed by atoms with Gasteiger partial charge in [0.15, 0.2) is 0 Å². The Bertz CT molecular complexity index is 1650. The molecule has 0 heterocycles. The molecule has 0 spiro atoms. The third kappa shape index (κ3) is 7.61. The molecular weight excluding hydrogens is 552 g/mol. The van der Waals surface area contributed by atoms with Gasteiger partial charge in [-0.25, -0.2) is 13.8 Å². The Kier molecular flexibility index (Phi) is 9.72. The van der Waals surface area contributed by atoms with E-state index >= 15 is 0 Å². The van der Waals surface area contributed by atoms with Crippen LogP contribution in [0.3, 0.4) is 0 Å². The first-order valence-electron chi connectivity index (χ1n) is 13.3. The Morgan fingerprint density at radius 1 is 0.833 bits per heavy atom. The van der Waals surface area contributed by atoms with Crippen LogP contribution in [-0.2, 0) is 14.8 Å². The first kappa shape index (κ1) is 30.0. The number of hydrogen-bond donors (Lipinski definition) is 2. The molecule has 2 N–H and O–H groups in total. The molecule has 0 aliphatic carbocycles. The minimum atomic E-state index is -4.07. The lowest BCUT2D eigenvalue weighted by Crippen LogP contribution is -2.39. The van der Waals surface area contributed by atoms with Crippen LogP contribution in [0.2, 0.25) is 0 Å². The van der Waals surface area contributed by atoms with Crippen LogP contribution in [0.15, 0.2) is 113 Å². The largest absolute Gasteiger partial charge is 0.494 e. The number of hydrazone groups is 1. The van der Waals surface area contributed by atoms with Crippen LogP contribution in [0.1, 0.15) is 35.3 Å². The molecule has 0 bridgehead atoms. The molecule has 0 fully saturated rings. The zero-order chi connectivity index (χ0) is 30.1. The summed E-state index contributed by atoms with van der Waals surface area (Å²) in [7, 11) is -4.07. The molecule has 0 radical (unpaired) electrons. The van der Waals surface area contributed by atoms with Crippen molar-refractivity contribution in [1.82, 2.24) is 5.43 Å². The van der Waals surface area contributed by atoms with Crippen molar-refractivity contribution < 1.29 is 22.7 Å². The van der Waals surface area contributed by atoms with E-state index in [0.717, 1.165) is 9.87 Å². The van der Waals surface area contributed by atoms with Gasteiger partial charge in [0, 0.05) is 11.3 Å². The number of carbonyl (C=O) groups excluding carboxylic acids is 2. The van der Waals surface area contributed by atoms with Crippen LogP contribution >= 0.6 is 0 Å². The predicted octanol–water partition coefficient (Wildman–Crippen LogP) is 5.38. The Balaban J connectivity index is 1.47. The molecule has 4 rings (SSSR count). The highest BCUT2D eigenvalue weighted by atomic mass is 32.2. The molecule has 4 aromatic rings. The van der Waals surface area contributed by atoms with Crippen molar-refractivity contribution in [1.29, 1.82) is 0 Å². The molecule has 0 unspecified atom stereocenters. The smallest absolute Gasteiger partial charge is 0.264 e. The fourth-order valence-electron chi connectivity index (χ4n) is 3.99. The summed E-state index contributed by atoms with van der Waals surface area (Å²) in [5.41, 5.74) is 6.05. The van der Waals surface area contributed by atoms with Crippen molar-refractivity contribution in [2.24, 2.45) is 5.10 Å². The average molecular weight is 585 g/mol. The average Bonchev–Trinajstić information content (AvgIpc) is 3.00. The zero-order valence-corrected chi connectivity index (χ0v) is 24.4. The normalized spacial score (nSPS) is 11.5. The topological polar surface area (TPSA) is 117 Å². The number of nitrogens with one attached hydrogen (secondary N) is 2. The van der Waals surface area contributed by atoms with Crippen LogP contribution in [0.4, 0.5) is 11.4 Å². The maximum Gasteiger partial charge on any atom is 0.264 e. The highest BCUT2D eigenvalue weighted by molar-refractivity contribution is 7.92. The van der Waals surface area contributed by atoms with Crippen molar-refractivity contribution in [2.75, 3.05) is 22.8 Å². The number of amides is 2. The summed E-state index contributed by atoms with van der Waals surface area (Å²) in [6.45, 7) is 5.40. The second kappa shape index (κ2) is 13.6. The van der Waals surface area contributed by atoms with Gasteiger partial charge in [-0.05, 0) is 87.0 Å². The van der Waals surface area contributed by atoms with Crippen molar-refractivity contribution in [3.05, 3.63) is 120 Å². The molecule has 2 amide bonds. The van der Waals surface area contributed by atoms with Gasteiger partial charge >= 0.3 is 0 Å².